The predicted molar refractivity (Wildman–Crippen MR) is 117 cm³/mol. The maximum atomic E-state index is 14.6. The van der Waals surface area contributed by atoms with Crippen molar-refractivity contribution in [1.29, 1.82) is 0 Å². The fraction of sp³-hybridized carbons (Fsp3) is 0.381. The third kappa shape index (κ3) is 6.46. The fourth-order valence-corrected chi connectivity index (χ4v) is 4.85. The lowest BCUT2D eigenvalue weighted by Gasteiger charge is -2.23. The summed E-state index contributed by atoms with van der Waals surface area (Å²) in [5, 5.41) is 2.28. The Morgan fingerprint density at radius 2 is 1.97 bits per heavy atom. The first-order valence-electron chi connectivity index (χ1n) is 9.96. The van der Waals surface area contributed by atoms with E-state index in [0.29, 0.717) is 6.61 Å². The molecule has 180 valence electrons. The number of amides is 1. The molecule has 1 unspecified atom stereocenters. The zero-order valence-corrected chi connectivity index (χ0v) is 19.3. The first-order chi connectivity index (χ1) is 15.7. The first kappa shape index (κ1) is 25.5. The van der Waals surface area contributed by atoms with Gasteiger partial charge in [-0.3, -0.25) is 4.79 Å². The largest absolute Gasteiger partial charge is 0.382 e. The topological polar surface area (TPSA) is 94.2 Å². The number of benzene rings is 2. The zero-order valence-electron chi connectivity index (χ0n) is 17.7. The summed E-state index contributed by atoms with van der Waals surface area (Å²) in [7, 11) is -2.79. The maximum Gasteiger partial charge on any atom is 0.255 e. The van der Waals surface area contributed by atoms with Crippen LogP contribution in [0.4, 0.5) is 14.5 Å². The number of sulfonamides is 1. The van der Waals surface area contributed by atoms with Gasteiger partial charge in [-0.1, -0.05) is 11.6 Å². The molecule has 1 amide bonds. The molecule has 1 aliphatic heterocycles. The van der Waals surface area contributed by atoms with Gasteiger partial charge in [-0.05, 0) is 36.4 Å². The average Bonchev–Trinajstić information content (AvgIpc) is 3.03. The van der Waals surface area contributed by atoms with E-state index in [9.17, 15) is 22.0 Å². The fourth-order valence-electron chi connectivity index (χ4n) is 3.13. The van der Waals surface area contributed by atoms with Gasteiger partial charge in [0.1, 0.15) is 16.5 Å². The number of nitrogens with zero attached hydrogens (tertiary/aromatic N) is 1. The van der Waals surface area contributed by atoms with Gasteiger partial charge in [-0.25, -0.2) is 17.2 Å². The van der Waals surface area contributed by atoms with E-state index in [2.05, 4.69) is 5.32 Å². The minimum atomic E-state index is -4.30. The van der Waals surface area contributed by atoms with Crippen LogP contribution in [0.15, 0.2) is 41.3 Å². The number of hydrogen-bond donors (Lipinski definition) is 1. The Morgan fingerprint density at radius 3 is 2.70 bits per heavy atom. The van der Waals surface area contributed by atoms with Crippen LogP contribution in [0.25, 0.3) is 0 Å². The molecule has 1 N–H and O–H groups in total. The molecular weight excluding hydrogens is 482 g/mol. The smallest absolute Gasteiger partial charge is 0.255 e. The second-order valence-electron chi connectivity index (χ2n) is 7.15. The normalized spacial score (nSPS) is 17.5. The van der Waals surface area contributed by atoms with E-state index in [-0.39, 0.29) is 49.2 Å². The SMILES string of the molecule is COCCOC1COCCN(S(=O)(=O)c2cc(C(=O)Nc3ccc(F)c(Cl)c3)ccc2F)C1. The average molecular weight is 505 g/mol. The van der Waals surface area contributed by atoms with E-state index in [0.717, 1.165) is 28.6 Å². The molecule has 1 saturated heterocycles. The lowest BCUT2D eigenvalue weighted by molar-refractivity contribution is -0.0216. The van der Waals surface area contributed by atoms with Crippen molar-refractivity contribution in [2.75, 3.05) is 51.9 Å². The van der Waals surface area contributed by atoms with Crippen molar-refractivity contribution in [3.63, 3.8) is 0 Å². The van der Waals surface area contributed by atoms with Crippen LogP contribution in [0.1, 0.15) is 10.4 Å². The molecule has 1 fully saturated rings. The molecule has 3 rings (SSSR count). The number of carbonyl (C=O) groups excluding carboxylic acids is 1. The van der Waals surface area contributed by atoms with Crippen LogP contribution < -0.4 is 5.32 Å². The van der Waals surface area contributed by atoms with Crippen molar-refractivity contribution in [3.8, 4) is 0 Å². The third-order valence-electron chi connectivity index (χ3n) is 4.83. The summed E-state index contributed by atoms with van der Waals surface area (Å²) in [6.07, 6.45) is -0.560. The van der Waals surface area contributed by atoms with Crippen LogP contribution in [-0.2, 0) is 24.2 Å². The van der Waals surface area contributed by atoms with Crippen LogP contribution >= 0.6 is 11.6 Å². The molecule has 1 aliphatic rings. The van der Waals surface area contributed by atoms with Gasteiger partial charge in [0.05, 0.1) is 37.6 Å². The van der Waals surface area contributed by atoms with Crippen LogP contribution in [-0.4, -0.2) is 71.4 Å². The predicted octanol–water partition coefficient (Wildman–Crippen LogP) is 2.92. The van der Waals surface area contributed by atoms with Crippen molar-refractivity contribution in [2.24, 2.45) is 0 Å². The highest BCUT2D eigenvalue weighted by molar-refractivity contribution is 7.89. The van der Waals surface area contributed by atoms with Crippen molar-refractivity contribution in [1.82, 2.24) is 4.31 Å². The van der Waals surface area contributed by atoms with E-state index < -0.39 is 38.6 Å². The van der Waals surface area contributed by atoms with Crippen molar-refractivity contribution in [3.05, 3.63) is 58.6 Å². The highest BCUT2D eigenvalue weighted by atomic mass is 35.5. The molecule has 8 nitrogen and oxygen atoms in total. The van der Waals surface area contributed by atoms with Gasteiger partial charge in [0.25, 0.3) is 5.91 Å². The molecular formula is C21H23ClF2N2O6S. The zero-order chi connectivity index (χ0) is 24.0. The van der Waals surface area contributed by atoms with E-state index in [1.54, 1.807) is 0 Å². The molecule has 1 atom stereocenters. The third-order valence-corrected chi connectivity index (χ3v) is 7.00. The number of hydrogen-bond acceptors (Lipinski definition) is 6. The molecule has 12 heteroatoms. The lowest BCUT2D eigenvalue weighted by atomic mass is 10.2. The Hall–Kier alpha value is -2.15. The summed E-state index contributed by atoms with van der Waals surface area (Å²) in [4.78, 5) is 12.0. The van der Waals surface area contributed by atoms with Gasteiger partial charge < -0.3 is 19.5 Å². The standard InChI is InChI=1S/C21H23ClF2N2O6S/c1-30-8-9-32-16-12-26(6-7-31-13-16)33(28,29)20-10-14(2-4-19(20)24)21(27)25-15-3-5-18(23)17(22)11-15/h2-5,10-11,16H,6-9,12-13H2,1H3,(H,25,27). The number of rotatable bonds is 8. The van der Waals surface area contributed by atoms with Gasteiger partial charge in [0.2, 0.25) is 10.0 Å². The van der Waals surface area contributed by atoms with E-state index in [1.807, 2.05) is 0 Å². The number of carbonyl (C=O) groups is 1. The number of anilines is 1. The van der Waals surface area contributed by atoms with Crippen LogP contribution in [0.2, 0.25) is 5.02 Å². The number of nitrogens with one attached hydrogen (secondary N) is 1. The Kier molecular flexibility index (Phi) is 8.74. The van der Waals surface area contributed by atoms with Gasteiger partial charge in [-0.2, -0.15) is 4.31 Å². The van der Waals surface area contributed by atoms with Crippen molar-refractivity contribution >= 4 is 33.2 Å². The maximum absolute atomic E-state index is 14.6. The Labute approximate surface area is 195 Å². The number of methoxy groups -OCH3 is 1. The second kappa shape index (κ2) is 11.3. The van der Waals surface area contributed by atoms with Gasteiger partial charge >= 0.3 is 0 Å². The van der Waals surface area contributed by atoms with Crippen LogP contribution in [0.3, 0.4) is 0 Å². The first-order valence-corrected chi connectivity index (χ1v) is 11.8. The lowest BCUT2D eigenvalue weighted by Crippen LogP contribution is -2.39. The summed E-state index contributed by atoms with van der Waals surface area (Å²) in [5.74, 6) is -2.37. The van der Waals surface area contributed by atoms with Gasteiger partial charge in [-0.15, -0.1) is 0 Å². The monoisotopic (exact) mass is 504 g/mol. The molecule has 2 aromatic rings. The molecule has 0 bridgehead atoms. The van der Waals surface area contributed by atoms with E-state index >= 15 is 0 Å². The molecule has 0 saturated carbocycles. The molecule has 1 heterocycles. The van der Waals surface area contributed by atoms with Crippen LogP contribution in [0.5, 0.6) is 0 Å². The molecule has 0 radical (unpaired) electrons. The summed E-state index contributed by atoms with van der Waals surface area (Å²) in [6, 6.07) is 6.58. The minimum absolute atomic E-state index is 0.00356. The van der Waals surface area contributed by atoms with Gasteiger partial charge in [0.15, 0.2) is 0 Å². The Balaban J connectivity index is 1.81. The quantitative estimate of drug-likeness (QED) is 0.556. The van der Waals surface area contributed by atoms with E-state index in [1.165, 1.54) is 19.2 Å². The van der Waals surface area contributed by atoms with Crippen molar-refractivity contribution < 1.29 is 36.2 Å². The minimum Gasteiger partial charge on any atom is -0.382 e. The Morgan fingerprint density at radius 1 is 1.21 bits per heavy atom. The van der Waals surface area contributed by atoms with Gasteiger partial charge in [0, 0.05) is 31.5 Å². The molecule has 33 heavy (non-hydrogen) atoms. The van der Waals surface area contributed by atoms with E-state index in [4.69, 9.17) is 25.8 Å². The second-order valence-corrected chi connectivity index (χ2v) is 9.47. The number of halogens is 3. The highest BCUT2D eigenvalue weighted by Gasteiger charge is 2.32. The molecule has 0 aliphatic carbocycles. The number of ether oxygens (including phenoxy) is 3. The summed E-state index contributed by atoms with van der Waals surface area (Å²) in [5.41, 5.74) is 0.0928. The molecule has 0 spiro atoms. The molecule has 2 aromatic carbocycles. The highest BCUT2D eigenvalue weighted by Crippen LogP contribution is 2.24. The summed E-state index contributed by atoms with van der Waals surface area (Å²) < 4.78 is 71.3. The summed E-state index contributed by atoms with van der Waals surface area (Å²) >= 11 is 5.71. The Bertz CT molecular complexity index is 1100. The van der Waals surface area contributed by atoms with Crippen LogP contribution in [0, 0.1) is 11.6 Å². The molecule has 0 aromatic heterocycles. The van der Waals surface area contributed by atoms with Crippen molar-refractivity contribution in [2.45, 2.75) is 11.0 Å². The summed E-state index contributed by atoms with van der Waals surface area (Å²) in [6.45, 7) is 0.813.